The van der Waals surface area contributed by atoms with Gasteiger partial charge in [-0.2, -0.15) is 0 Å². The number of aromatic nitrogens is 1. The molecule has 1 aromatic heterocycles. The fraction of sp³-hybridized carbons (Fsp3) is 0.0625. The van der Waals surface area contributed by atoms with Crippen molar-refractivity contribution in [2.75, 3.05) is 6.54 Å². The van der Waals surface area contributed by atoms with E-state index in [1.165, 1.54) is 32.6 Å². The predicted molar refractivity (Wildman–Crippen MR) is 152 cm³/mol. The van der Waals surface area contributed by atoms with E-state index >= 15 is 0 Å². The lowest BCUT2D eigenvalue weighted by Gasteiger charge is -2.11. The quantitative estimate of drug-likeness (QED) is 0.265. The van der Waals surface area contributed by atoms with Gasteiger partial charge in [-0.3, -0.25) is 0 Å². The van der Waals surface area contributed by atoms with E-state index in [1.54, 1.807) is 6.20 Å². The minimum atomic E-state index is 0.491. The van der Waals surface area contributed by atoms with Crippen LogP contribution in [0.25, 0.3) is 43.8 Å². The van der Waals surface area contributed by atoms with Crippen molar-refractivity contribution in [3.05, 3.63) is 133 Å². The minimum Gasteiger partial charge on any atom is -0.404 e. The zero-order chi connectivity index (χ0) is 24.4. The Labute approximate surface area is 206 Å². The van der Waals surface area contributed by atoms with Crippen molar-refractivity contribution in [1.82, 2.24) is 4.57 Å². The first-order valence-electron chi connectivity index (χ1n) is 11.8. The highest BCUT2D eigenvalue weighted by Crippen LogP contribution is 2.37. The Bertz CT molecular complexity index is 1650. The maximum Gasteiger partial charge on any atom is 0.0619 e. The predicted octanol–water partition coefficient (Wildman–Crippen LogP) is 7.25. The van der Waals surface area contributed by atoms with E-state index in [0.717, 1.165) is 28.0 Å². The summed E-state index contributed by atoms with van der Waals surface area (Å²) in [4.78, 5) is 0. The van der Waals surface area contributed by atoms with Crippen LogP contribution in [-0.2, 0) is 0 Å². The maximum absolute atomic E-state index is 6.06. The van der Waals surface area contributed by atoms with Crippen molar-refractivity contribution >= 4 is 38.2 Å². The van der Waals surface area contributed by atoms with Gasteiger partial charge in [0.25, 0.3) is 0 Å². The van der Waals surface area contributed by atoms with E-state index in [1.807, 2.05) is 19.1 Å². The van der Waals surface area contributed by atoms with Gasteiger partial charge in [-0.1, -0.05) is 79.4 Å². The number of hydrogen-bond acceptors (Lipinski definition) is 2. The third-order valence-electron chi connectivity index (χ3n) is 6.51. The van der Waals surface area contributed by atoms with Crippen LogP contribution >= 0.6 is 0 Å². The second kappa shape index (κ2) is 9.49. The summed E-state index contributed by atoms with van der Waals surface area (Å²) >= 11 is 0. The molecule has 0 atom stereocenters. The average Bonchev–Trinajstić information content (AvgIpc) is 3.25. The Morgan fingerprint density at radius 2 is 1.63 bits per heavy atom. The molecule has 4 aromatic carbocycles. The van der Waals surface area contributed by atoms with Gasteiger partial charge in [0.1, 0.15) is 0 Å². The summed E-state index contributed by atoms with van der Waals surface area (Å²) in [5.74, 6) is 0. The van der Waals surface area contributed by atoms with Gasteiger partial charge in [-0.25, -0.2) is 0 Å². The van der Waals surface area contributed by atoms with E-state index in [4.69, 9.17) is 11.5 Å². The molecule has 0 unspecified atom stereocenters. The van der Waals surface area contributed by atoms with Crippen molar-refractivity contribution in [3.8, 4) is 5.69 Å². The van der Waals surface area contributed by atoms with Crippen molar-refractivity contribution in [3.63, 3.8) is 0 Å². The number of fused-ring (bicyclic) bond motifs is 5. The number of nitrogens with zero attached hydrogens (tertiary/aromatic N) is 1. The smallest absolute Gasteiger partial charge is 0.0619 e. The molecule has 0 aliphatic heterocycles. The summed E-state index contributed by atoms with van der Waals surface area (Å²) in [6, 6.07) is 30.2. The van der Waals surface area contributed by atoms with Gasteiger partial charge < -0.3 is 16.0 Å². The lowest BCUT2D eigenvalue weighted by atomic mass is 9.97. The van der Waals surface area contributed by atoms with Crippen LogP contribution in [0.1, 0.15) is 12.5 Å². The third kappa shape index (κ3) is 4.07. The van der Waals surface area contributed by atoms with Crippen LogP contribution in [0.2, 0.25) is 0 Å². The molecule has 0 saturated carbocycles. The number of allylic oxidation sites excluding steroid dienone is 5. The fourth-order valence-electron chi connectivity index (χ4n) is 4.71. The van der Waals surface area contributed by atoms with Crippen LogP contribution in [0, 0.1) is 0 Å². The van der Waals surface area contributed by atoms with Gasteiger partial charge in [-0.05, 0) is 64.9 Å². The van der Waals surface area contributed by atoms with Crippen LogP contribution in [0.5, 0.6) is 0 Å². The molecule has 3 nitrogen and oxygen atoms in total. The highest BCUT2D eigenvalue weighted by molar-refractivity contribution is 6.18. The molecule has 0 amide bonds. The Kier molecular flexibility index (Phi) is 6.09. The van der Waals surface area contributed by atoms with Gasteiger partial charge in [0.15, 0.2) is 0 Å². The third-order valence-corrected chi connectivity index (χ3v) is 6.51. The SMILES string of the molecule is C=C(/C=C\CN)/C(C)=C/C(=C\N)c1ccc2c(ccc3c4ccccc4n(-c4ccccc4)c23)c1. The van der Waals surface area contributed by atoms with Crippen molar-refractivity contribution in [1.29, 1.82) is 0 Å². The summed E-state index contributed by atoms with van der Waals surface area (Å²) in [5.41, 5.74) is 19.2. The van der Waals surface area contributed by atoms with Crippen LogP contribution in [0.4, 0.5) is 0 Å². The first-order valence-corrected chi connectivity index (χ1v) is 11.8. The van der Waals surface area contributed by atoms with E-state index < -0.39 is 0 Å². The summed E-state index contributed by atoms with van der Waals surface area (Å²) < 4.78 is 2.37. The number of hydrogen-bond donors (Lipinski definition) is 2. The standard InChI is InChI=1S/C32H29N3/c1-22(9-8-18-33)23(2)19-26(21-34)24-14-16-28-25(20-24)15-17-30-29-12-6-7-13-31(29)35(32(28)30)27-10-4-3-5-11-27/h3-17,19-21H,1,18,33-34H2,2H3/b9-8-,23-19+,26-21+. The monoisotopic (exact) mass is 455 g/mol. The number of para-hydroxylation sites is 2. The molecule has 0 radical (unpaired) electrons. The summed E-state index contributed by atoms with van der Waals surface area (Å²) in [5, 5.41) is 4.88. The highest BCUT2D eigenvalue weighted by Gasteiger charge is 2.15. The Morgan fingerprint density at radius 1 is 0.886 bits per heavy atom. The molecule has 35 heavy (non-hydrogen) atoms. The van der Waals surface area contributed by atoms with Crippen LogP contribution < -0.4 is 11.5 Å². The van der Waals surface area contributed by atoms with Crippen LogP contribution in [0.15, 0.2) is 127 Å². The molecule has 172 valence electrons. The second-order valence-corrected chi connectivity index (χ2v) is 8.70. The molecular weight excluding hydrogens is 426 g/mol. The zero-order valence-electron chi connectivity index (χ0n) is 19.9. The largest absolute Gasteiger partial charge is 0.404 e. The molecule has 0 aliphatic rings. The molecule has 0 fully saturated rings. The molecule has 3 heteroatoms. The zero-order valence-corrected chi connectivity index (χ0v) is 19.9. The van der Waals surface area contributed by atoms with E-state index in [2.05, 4.69) is 102 Å². The van der Waals surface area contributed by atoms with Gasteiger partial charge in [-0.15, -0.1) is 0 Å². The van der Waals surface area contributed by atoms with Gasteiger partial charge in [0.2, 0.25) is 0 Å². The highest BCUT2D eigenvalue weighted by atomic mass is 15.0. The normalized spacial score (nSPS) is 12.9. The molecule has 0 saturated heterocycles. The van der Waals surface area contributed by atoms with Crippen molar-refractivity contribution < 1.29 is 0 Å². The molecule has 1 heterocycles. The number of rotatable bonds is 6. The summed E-state index contributed by atoms with van der Waals surface area (Å²) in [7, 11) is 0. The van der Waals surface area contributed by atoms with Crippen molar-refractivity contribution in [2.24, 2.45) is 11.5 Å². The van der Waals surface area contributed by atoms with Gasteiger partial charge in [0.05, 0.1) is 11.0 Å². The first-order chi connectivity index (χ1) is 17.1. The molecule has 5 aromatic rings. The second-order valence-electron chi connectivity index (χ2n) is 8.70. The molecular formula is C32H29N3. The maximum atomic E-state index is 6.06. The lowest BCUT2D eigenvalue weighted by molar-refractivity contribution is 1.19. The van der Waals surface area contributed by atoms with E-state index in [0.29, 0.717) is 6.54 Å². The molecule has 5 rings (SSSR count). The van der Waals surface area contributed by atoms with Gasteiger partial charge in [0, 0.05) is 34.6 Å². The molecule has 0 spiro atoms. The summed E-state index contributed by atoms with van der Waals surface area (Å²) in [6.45, 7) is 6.66. The first kappa shape index (κ1) is 22.5. The molecule has 4 N–H and O–H groups in total. The Balaban J connectivity index is 1.70. The van der Waals surface area contributed by atoms with E-state index in [9.17, 15) is 0 Å². The van der Waals surface area contributed by atoms with Crippen LogP contribution in [0.3, 0.4) is 0 Å². The van der Waals surface area contributed by atoms with Gasteiger partial charge >= 0.3 is 0 Å². The molecule has 0 aliphatic carbocycles. The van der Waals surface area contributed by atoms with Crippen LogP contribution in [-0.4, -0.2) is 11.1 Å². The Hall–Kier alpha value is -4.34. The topological polar surface area (TPSA) is 57.0 Å². The number of benzene rings is 4. The Morgan fingerprint density at radius 3 is 2.40 bits per heavy atom. The van der Waals surface area contributed by atoms with Crippen molar-refractivity contribution in [2.45, 2.75) is 6.92 Å². The average molecular weight is 456 g/mol. The number of nitrogens with two attached hydrogens (primary N) is 2. The summed E-state index contributed by atoms with van der Waals surface area (Å²) in [6.07, 6.45) is 7.58. The minimum absolute atomic E-state index is 0.491. The lowest BCUT2D eigenvalue weighted by Crippen LogP contribution is -1.95. The fourth-order valence-corrected chi connectivity index (χ4v) is 4.71. The van der Waals surface area contributed by atoms with E-state index in [-0.39, 0.29) is 0 Å². The molecule has 0 bridgehead atoms.